The summed E-state index contributed by atoms with van der Waals surface area (Å²) in [6.45, 7) is 0. The van der Waals surface area contributed by atoms with Crippen LogP contribution in [0.4, 0.5) is 5.69 Å². The van der Waals surface area contributed by atoms with E-state index in [2.05, 4.69) is 10.7 Å². The van der Waals surface area contributed by atoms with Crippen LogP contribution in [0.5, 0.6) is 5.75 Å². The van der Waals surface area contributed by atoms with Gasteiger partial charge >= 0.3 is 0 Å². The van der Waals surface area contributed by atoms with Gasteiger partial charge < -0.3 is 10.1 Å². The van der Waals surface area contributed by atoms with Gasteiger partial charge in [0.1, 0.15) is 11.1 Å². The summed E-state index contributed by atoms with van der Waals surface area (Å²) in [5.74, 6) is 0.155. The van der Waals surface area contributed by atoms with Gasteiger partial charge in [-0.15, -0.1) is 11.8 Å². The van der Waals surface area contributed by atoms with Crippen molar-refractivity contribution < 1.29 is 19.1 Å². The highest BCUT2D eigenvalue weighted by Gasteiger charge is 2.34. The van der Waals surface area contributed by atoms with Crippen LogP contribution in [0.3, 0.4) is 0 Å². The van der Waals surface area contributed by atoms with Crippen LogP contribution in [0.2, 0.25) is 0 Å². The highest BCUT2D eigenvalue weighted by Crippen LogP contribution is 2.37. The number of methoxy groups -OCH3 is 1. The zero-order chi connectivity index (χ0) is 22.5. The molecule has 32 heavy (non-hydrogen) atoms. The van der Waals surface area contributed by atoms with E-state index in [0.717, 1.165) is 5.56 Å². The molecule has 0 radical (unpaired) electrons. The second-order valence-electron chi connectivity index (χ2n) is 7.04. The molecule has 0 saturated carbocycles. The Morgan fingerprint density at radius 3 is 2.19 bits per heavy atom. The first-order valence-electron chi connectivity index (χ1n) is 9.90. The second kappa shape index (κ2) is 9.57. The highest BCUT2D eigenvalue weighted by atomic mass is 32.2. The molecule has 0 spiro atoms. The number of hydrazine groups is 1. The number of amides is 3. The Morgan fingerprint density at radius 2 is 1.53 bits per heavy atom. The van der Waals surface area contributed by atoms with Gasteiger partial charge in [-0.1, -0.05) is 30.3 Å². The van der Waals surface area contributed by atoms with Crippen molar-refractivity contribution in [2.24, 2.45) is 0 Å². The van der Waals surface area contributed by atoms with Crippen LogP contribution in [0.15, 0.2) is 78.9 Å². The number of benzene rings is 3. The van der Waals surface area contributed by atoms with E-state index >= 15 is 0 Å². The van der Waals surface area contributed by atoms with Gasteiger partial charge in [-0.25, -0.2) is 5.01 Å². The third-order valence-corrected chi connectivity index (χ3v) is 6.14. The van der Waals surface area contributed by atoms with Crippen LogP contribution in [0, 0.1) is 0 Å². The highest BCUT2D eigenvalue weighted by molar-refractivity contribution is 8.00. The number of thioether (sulfide) groups is 1. The average molecular weight is 448 g/mol. The summed E-state index contributed by atoms with van der Waals surface area (Å²) in [5, 5.41) is 3.90. The Balaban J connectivity index is 1.40. The van der Waals surface area contributed by atoms with Crippen molar-refractivity contribution >= 4 is 35.2 Å². The molecule has 1 aliphatic rings. The standard InChI is InChI=1S/C24H21N3O4S/c1-31-20-13-9-16(10-14-20)22(29)25-19-11-7-17(8-12-19)23(30)26-27-21(28)15-32-24(27)18-5-3-2-4-6-18/h2-14,24H,15H2,1H3,(H,25,29)(H,26,30). The Labute approximate surface area is 189 Å². The number of hydrogen-bond donors (Lipinski definition) is 2. The van der Waals surface area contributed by atoms with Crippen LogP contribution in [0.25, 0.3) is 0 Å². The van der Waals surface area contributed by atoms with E-state index in [4.69, 9.17) is 4.74 Å². The molecule has 7 nitrogen and oxygen atoms in total. The monoisotopic (exact) mass is 447 g/mol. The van der Waals surface area contributed by atoms with Gasteiger partial charge in [0.2, 0.25) is 0 Å². The summed E-state index contributed by atoms with van der Waals surface area (Å²) in [6, 6.07) is 22.8. The quantitative estimate of drug-likeness (QED) is 0.599. The Kier molecular flexibility index (Phi) is 6.42. The third-order valence-electron chi connectivity index (χ3n) is 4.93. The largest absolute Gasteiger partial charge is 0.497 e. The molecule has 1 saturated heterocycles. The zero-order valence-electron chi connectivity index (χ0n) is 17.3. The maximum absolute atomic E-state index is 12.7. The van der Waals surface area contributed by atoms with Gasteiger partial charge in [0.05, 0.1) is 12.9 Å². The van der Waals surface area contributed by atoms with E-state index in [1.807, 2.05) is 30.3 Å². The topological polar surface area (TPSA) is 87.7 Å². The molecule has 8 heteroatoms. The maximum atomic E-state index is 12.7. The fourth-order valence-corrected chi connectivity index (χ4v) is 4.34. The molecular formula is C24H21N3O4S. The minimum absolute atomic E-state index is 0.152. The third kappa shape index (κ3) is 4.76. The lowest BCUT2D eigenvalue weighted by Gasteiger charge is -2.24. The molecule has 1 aliphatic heterocycles. The van der Waals surface area contributed by atoms with Crippen molar-refractivity contribution in [3.63, 3.8) is 0 Å². The van der Waals surface area contributed by atoms with Gasteiger partial charge in [-0.2, -0.15) is 0 Å². The molecule has 1 unspecified atom stereocenters. The summed E-state index contributed by atoms with van der Waals surface area (Å²) < 4.78 is 5.09. The number of carbonyl (C=O) groups excluding carboxylic acids is 3. The molecule has 3 amide bonds. The molecule has 2 N–H and O–H groups in total. The minimum atomic E-state index is -0.394. The number of ether oxygens (including phenoxy) is 1. The maximum Gasteiger partial charge on any atom is 0.269 e. The van der Waals surface area contributed by atoms with Crippen molar-refractivity contribution in [2.45, 2.75) is 5.37 Å². The molecule has 0 aliphatic carbocycles. The van der Waals surface area contributed by atoms with Crippen LogP contribution < -0.4 is 15.5 Å². The molecule has 4 rings (SSSR count). The summed E-state index contributed by atoms with van der Waals surface area (Å²) in [4.78, 5) is 37.4. The van der Waals surface area contributed by atoms with Gasteiger partial charge in [0.25, 0.3) is 17.7 Å². The molecule has 1 fully saturated rings. The summed E-state index contributed by atoms with van der Waals surface area (Å²) in [6.07, 6.45) is 0. The van der Waals surface area contributed by atoms with Crippen LogP contribution in [-0.4, -0.2) is 35.6 Å². The van der Waals surface area contributed by atoms with E-state index in [1.54, 1.807) is 55.6 Å². The fourth-order valence-electron chi connectivity index (χ4n) is 3.23. The van der Waals surface area contributed by atoms with Gasteiger partial charge in [-0.05, 0) is 54.1 Å². The molecule has 1 heterocycles. The van der Waals surface area contributed by atoms with Gasteiger partial charge in [0, 0.05) is 16.8 Å². The predicted octanol–water partition coefficient (Wildman–Crippen LogP) is 3.87. The number of carbonyl (C=O) groups is 3. The van der Waals surface area contributed by atoms with Crippen LogP contribution in [0.1, 0.15) is 31.7 Å². The lowest BCUT2D eigenvalue weighted by atomic mass is 10.1. The van der Waals surface area contributed by atoms with E-state index in [1.165, 1.54) is 16.8 Å². The Bertz CT molecular complexity index is 1120. The summed E-state index contributed by atoms with van der Waals surface area (Å²) >= 11 is 1.46. The lowest BCUT2D eigenvalue weighted by molar-refractivity contribution is -0.130. The summed E-state index contributed by atoms with van der Waals surface area (Å²) in [7, 11) is 1.56. The number of nitrogens with one attached hydrogen (secondary N) is 2. The molecule has 1 atom stereocenters. The van der Waals surface area contributed by atoms with Crippen molar-refractivity contribution in [1.29, 1.82) is 0 Å². The predicted molar refractivity (Wildman–Crippen MR) is 123 cm³/mol. The number of rotatable bonds is 6. The minimum Gasteiger partial charge on any atom is -0.497 e. The number of anilines is 1. The number of hydrogen-bond acceptors (Lipinski definition) is 5. The van der Waals surface area contributed by atoms with Crippen LogP contribution in [-0.2, 0) is 4.79 Å². The average Bonchev–Trinajstić information content (AvgIpc) is 3.20. The first kappa shape index (κ1) is 21.5. The molecule has 162 valence electrons. The zero-order valence-corrected chi connectivity index (χ0v) is 18.1. The van der Waals surface area contributed by atoms with Crippen molar-refractivity contribution in [1.82, 2.24) is 10.4 Å². The Morgan fingerprint density at radius 1 is 0.906 bits per heavy atom. The van der Waals surface area contributed by atoms with Crippen molar-refractivity contribution in [3.05, 3.63) is 95.6 Å². The van der Waals surface area contributed by atoms with E-state index in [9.17, 15) is 14.4 Å². The normalized spacial score (nSPS) is 15.3. The Hall–Kier alpha value is -3.78. The molecular weight excluding hydrogens is 426 g/mol. The van der Waals surface area contributed by atoms with Crippen molar-refractivity contribution in [3.8, 4) is 5.75 Å². The molecule has 3 aromatic carbocycles. The first-order valence-corrected chi connectivity index (χ1v) is 10.9. The van der Waals surface area contributed by atoms with Crippen LogP contribution >= 0.6 is 11.8 Å². The van der Waals surface area contributed by atoms with Gasteiger partial charge in [-0.3, -0.25) is 19.8 Å². The molecule has 0 aromatic heterocycles. The van der Waals surface area contributed by atoms with Gasteiger partial charge in [0.15, 0.2) is 0 Å². The second-order valence-corrected chi connectivity index (χ2v) is 8.11. The van der Waals surface area contributed by atoms with Crippen molar-refractivity contribution in [2.75, 3.05) is 18.2 Å². The summed E-state index contributed by atoms with van der Waals surface area (Å²) in [5.41, 5.74) is 5.08. The van der Waals surface area contributed by atoms with E-state index < -0.39 is 5.91 Å². The first-order chi connectivity index (χ1) is 15.5. The molecule has 3 aromatic rings. The fraction of sp³-hybridized carbons (Fsp3) is 0.125. The number of nitrogens with zero attached hydrogens (tertiary/aromatic N) is 1. The van der Waals surface area contributed by atoms with E-state index in [-0.39, 0.29) is 17.2 Å². The smallest absolute Gasteiger partial charge is 0.269 e. The SMILES string of the molecule is COc1ccc(C(=O)Nc2ccc(C(=O)NN3C(=O)CSC3c3ccccc3)cc2)cc1. The van der Waals surface area contributed by atoms with E-state index in [0.29, 0.717) is 28.3 Å². The molecule has 0 bridgehead atoms. The lowest BCUT2D eigenvalue weighted by Crippen LogP contribution is -2.44.